The Balaban J connectivity index is 1.53. The Morgan fingerprint density at radius 3 is 2.78 bits per heavy atom. The fraction of sp³-hybridized carbons (Fsp3) is 0.188. The van der Waals surface area contributed by atoms with Crippen LogP contribution in [-0.4, -0.2) is 23.2 Å². The Hall–Kier alpha value is -2.67. The highest BCUT2D eigenvalue weighted by atomic mass is 32.1. The normalized spacial score (nSPS) is 10.5. The molecule has 0 bridgehead atoms. The molecule has 2 heterocycles. The average Bonchev–Trinajstić information content (AvgIpc) is 3.24. The molecule has 0 saturated heterocycles. The van der Waals surface area contributed by atoms with Crippen LogP contribution in [0.1, 0.15) is 12.0 Å². The first kappa shape index (κ1) is 15.2. The van der Waals surface area contributed by atoms with Crippen molar-refractivity contribution in [3.63, 3.8) is 0 Å². The third-order valence-corrected chi connectivity index (χ3v) is 3.92. The van der Waals surface area contributed by atoms with Gasteiger partial charge in [0.25, 0.3) is 5.89 Å². The maximum absolute atomic E-state index is 11.9. The molecule has 0 aliphatic carbocycles. The molecule has 0 unspecified atom stereocenters. The Labute approximate surface area is 137 Å². The number of methoxy groups -OCH3 is 1. The minimum Gasteiger partial charge on any atom is -0.497 e. The number of thiophene rings is 1. The van der Waals surface area contributed by atoms with Crippen LogP contribution in [0.25, 0.3) is 11.5 Å². The fourth-order valence-electron chi connectivity index (χ4n) is 2.01. The lowest BCUT2D eigenvalue weighted by molar-refractivity contribution is -0.116. The van der Waals surface area contributed by atoms with E-state index in [0.29, 0.717) is 18.7 Å². The number of amides is 1. The van der Waals surface area contributed by atoms with Gasteiger partial charge in [-0.2, -0.15) is 11.3 Å². The maximum Gasteiger partial charge on any atom is 0.322 e. The van der Waals surface area contributed by atoms with E-state index in [-0.39, 0.29) is 11.9 Å². The van der Waals surface area contributed by atoms with Crippen LogP contribution < -0.4 is 10.1 Å². The molecule has 0 aliphatic heterocycles. The number of carbonyl (C=O) groups excluding carboxylic acids is 1. The molecule has 7 heteroatoms. The Morgan fingerprint density at radius 2 is 2.09 bits per heavy atom. The largest absolute Gasteiger partial charge is 0.497 e. The van der Waals surface area contributed by atoms with E-state index in [1.54, 1.807) is 18.4 Å². The van der Waals surface area contributed by atoms with Gasteiger partial charge in [-0.15, -0.1) is 5.10 Å². The predicted molar refractivity (Wildman–Crippen MR) is 87.6 cm³/mol. The average molecular weight is 329 g/mol. The smallest absolute Gasteiger partial charge is 0.322 e. The monoisotopic (exact) mass is 329 g/mol. The van der Waals surface area contributed by atoms with E-state index >= 15 is 0 Å². The summed E-state index contributed by atoms with van der Waals surface area (Å²) in [6.45, 7) is 0. The number of ether oxygens (including phenoxy) is 1. The summed E-state index contributed by atoms with van der Waals surface area (Å²) in [5.74, 6) is 1.03. The molecule has 0 saturated carbocycles. The van der Waals surface area contributed by atoms with Gasteiger partial charge < -0.3 is 9.15 Å². The summed E-state index contributed by atoms with van der Waals surface area (Å²) in [7, 11) is 1.62. The van der Waals surface area contributed by atoms with E-state index in [1.807, 2.05) is 41.1 Å². The molecular weight excluding hydrogens is 314 g/mol. The molecule has 2 aromatic heterocycles. The van der Waals surface area contributed by atoms with Crippen LogP contribution in [0, 0.1) is 0 Å². The third-order valence-electron chi connectivity index (χ3n) is 3.24. The van der Waals surface area contributed by atoms with Gasteiger partial charge >= 0.3 is 6.01 Å². The lowest BCUT2D eigenvalue weighted by Gasteiger charge is -2.03. The zero-order valence-electron chi connectivity index (χ0n) is 12.5. The zero-order valence-corrected chi connectivity index (χ0v) is 13.3. The zero-order chi connectivity index (χ0) is 16.1. The first-order chi connectivity index (χ1) is 11.2. The quantitative estimate of drug-likeness (QED) is 0.750. The van der Waals surface area contributed by atoms with Gasteiger partial charge in [0, 0.05) is 17.4 Å². The van der Waals surface area contributed by atoms with Crippen LogP contribution in [-0.2, 0) is 11.2 Å². The number of carbonyl (C=O) groups is 1. The number of hydrogen-bond donors (Lipinski definition) is 1. The van der Waals surface area contributed by atoms with Crippen molar-refractivity contribution in [3.05, 3.63) is 46.7 Å². The van der Waals surface area contributed by atoms with Crippen molar-refractivity contribution in [1.29, 1.82) is 0 Å². The topological polar surface area (TPSA) is 77.2 Å². The summed E-state index contributed by atoms with van der Waals surface area (Å²) in [4.78, 5) is 11.9. The fourth-order valence-corrected chi connectivity index (χ4v) is 2.64. The van der Waals surface area contributed by atoms with E-state index < -0.39 is 0 Å². The van der Waals surface area contributed by atoms with Gasteiger partial charge in [-0.3, -0.25) is 10.1 Å². The van der Waals surface area contributed by atoms with Crippen LogP contribution in [0.2, 0.25) is 0 Å². The van der Waals surface area contributed by atoms with Gasteiger partial charge in [0.05, 0.1) is 7.11 Å². The van der Waals surface area contributed by atoms with Crippen LogP contribution in [0.3, 0.4) is 0 Å². The molecule has 0 radical (unpaired) electrons. The molecule has 118 valence electrons. The minimum atomic E-state index is -0.165. The number of aryl methyl sites for hydroxylation is 1. The molecule has 1 aromatic carbocycles. The lowest BCUT2D eigenvalue weighted by atomic mass is 10.1. The summed E-state index contributed by atoms with van der Waals surface area (Å²) in [5, 5.41) is 14.2. The lowest BCUT2D eigenvalue weighted by Crippen LogP contribution is -2.12. The van der Waals surface area contributed by atoms with Crippen molar-refractivity contribution in [2.24, 2.45) is 0 Å². The first-order valence-corrected chi connectivity index (χ1v) is 7.98. The Kier molecular flexibility index (Phi) is 4.68. The minimum absolute atomic E-state index is 0.117. The highest BCUT2D eigenvalue weighted by Gasteiger charge is 2.11. The van der Waals surface area contributed by atoms with Gasteiger partial charge in [0.1, 0.15) is 5.75 Å². The molecule has 0 aliphatic rings. The van der Waals surface area contributed by atoms with Gasteiger partial charge in [0.2, 0.25) is 5.91 Å². The van der Waals surface area contributed by atoms with Crippen molar-refractivity contribution >= 4 is 23.3 Å². The molecule has 0 spiro atoms. The third kappa shape index (κ3) is 3.95. The van der Waals surface area contributed by atoms with Crippen molar-refractivity contribution in [1.82, 2.24) is 10.2 Å². The summed E-state index contributed by atoms with van der Waals surface area (Å²) in [5.41, 5.74) is 1.91. The number of anilines is 1. The summed E-state index contributed by atoms with van der Waals surface area (Å²) in [6, 6.07) is 9.62. The van der Waals surface area contributed by atoms with Crippen molar-refractivity contribution < 1.29 is 13.9 Å². The van der Waals surface area contributed by atoms with E-state index in [2.05, 4.69) is 15.5 Å². The second-order valence-corrected chi connectivity index (χ2v) is 5.60. The van der Waals surface area contributed by atoms with Gasteiger partial charge in [0.15, 0.2) is 0 Å². The molecule has 3 rings (SSSR count). The highest BCUT2D eigenvalue weighted by Crippen LogP contribution is 2.22. The van der Waals surface area contributed by atoms with Gasteiger partial charge in [-0.1, -0.05) is 17.2 Å². The molecule has 0 fully saturated rings. The van der Waals surface area contributed by atoms with E-state index in [1.165, 1.54) is 0 Å². The molecule has 1 amide bonds. The number of benzene rings is 1. The predicted octanol–water partition coefficient (Wildman–Crippen LogP) is 3.38. The second-order valence-electron chi connectivity index (χ2n) is 4.82. The number of rotatable bonds is 6. The van der Waals surface area contributed by atoms with Gasteiger partial charge in [-0.25, -0.2) is 0 Å². The van der Waals surface area contributed by atoms with E-state index in [0.717, 1.165) is 16.9 Å². The molecule has 1 N–H and O–H groups in total. The van der Waals surface area contributed by atoms with Crippen molar-refractivity contribution in [2.75, 3.05) is 12.4 Å². The molecule has 0 atom stereocenters. The van der Waals surface area contributed by atoms with Crippen LogP contribution in [0.4, 0.5) is 6.01 Å². The molecule has 3 aromatic rings. The Morgan fingerprint density at radius 1 is 1.26 bits per heavy atom. The van der Waals surface area contributed by atoms with Crippen molar-refractivity contribution in [3.8, 4) is 17.2 Å². The molecule has 23 heavy (non-hydrogen) atoms. The number of nitrogens with zero attached hydrogens (tertiary/aromatic N) is 2. The second kappa shape index (κ2) is 7.06. The first-order valence-electron chi connectivity index (χ1n) is 7.03. The maximum atomic E-state index is 11.9. The summed E-state index contributed by atoms with van der Waals surface area (Å²) >= 11 is 1.54. The molecule has 6 nitrogen and oxygen atoms in total. The van der Waals surface area contributed by atoms with E-state index in [4.69, 9.17) is 9.15 Å². The van der Waals surface area contributed by atoms with Gasteiger partial charge in [-0.05, 0) is 35.6 Å². The van der Waals surface area contributed by atoms with E-state index in [9.17, 15) is 4.79 Å². The number of aromatic nitrogens is 2. The van der Waals surface area contributed by atoms with Crippen LogP contribution >= 0.6 is 11.3 Å². The Bertz CT molecular complexity index is 766. The SMILES string of the molecule is COc1ccc(CCC(=O)Nc2nnc(-c3ccsc3)o2)cc1. The van der Waals surface area contributed by atoms with Crippen LogP contribution in [0.15, 0.2) is 45.5 Å². The standard InChI is InChI=1S/C16H15N3O3S/c1-21-13-5-2-11(3-6-13)4-7-14(20)17-16-19-18-15(22-16)12-8-9-23-10-12/h2-3,5-6,8-10H,4,7H2,1H3,(H,17,19,20). The molecular formula is C16H15N3O3S. The number of hydrogen-bond acceptors (Lipinski definition) is 6. The van der Waals surface area contributed by atoms with Crippen LogP contribution in [0.5, 0.6) is 5.75 Å². The highest BCUT2D eigenvalue weighted by molar-refractivity contribution is 7.08. The summed E-state index contributed by atoms with van der Waals surface area (Å²) in [6.07, 6.45) is 0.962. The summed E-state index contributed by atoms with van der Waals surface area (Å²) < 4.78 is 10.5. The van der Waals surface area contributed by atoms with Crippen molar-refractivity contribution in [2.45, 2.75) is 12.8 Å². The number of nitrogens with one attached hydrogen (secondary N) is 1.